The van der Waals surface area contributed by atoms with E-state index < -0.39 is 16.7 Å². The summed E-state index contributed by atoms with van der Waals surface area (Å²) in [5.41, 5.74) is 2.02. The Morgan fingerprint density at radius 3 is 1.79 bits per heavy atom. The molecule has 2 aliphatic heterocycles. The van der Waals surface area contributed by atoms with Gasteiger partial charge < -0.3 is 4.90 Å². The van der Waals surface area contributed by atoms with Gasteiger partial charge in [-0.05, 0) is 61.5 Å². The third-order valence-electron chi connectivity index (χ3n) is 6.75. The number of nitro groups is 1. The van der Waals surface area contributed by atoms with Crippen molar-refractivity contribution in [3.63, 3.8) is 0 Å². The predicted octanol–water partition coefficient (Wildman–Crippen LogP) is 5.72. The number of hydrogen-bond acceptors (Lipinski definition) is 6. The number of amides is 2. The topological polar surface area (TPSA) is 87.0 Å². The summed E-state index contributed by atoms with van der Waals surface area (Å²) in [7, 11) is 0. The van der Waals surface area contributed by atoms with Crippen molar-refractivity contribution in [3.8, 4) is 0 Å². The maximum absolute atomic E-state index is 13.9. The zero-order valence-electron chi connectivity index (χ0n) is 20.7. The van der Waals surface area contributed by atoms with Gasteiger partial charge in [0.05, 0.1) is 16.3 Å². The molecule has 2 amide bonds. The van der Waals surface area contributed by atoms with Gasteiger partial charge >= 0.3 is 0 Å². The predicted molar refractivity (Wildman–Crippen MR) is 152 cm³/mol. The highest BCUT2D eigenvalue weighted by Crippen LogP contribution is 2.33. The van der Waals surface area contributed by atoms with Crippen LogP contribution in [-0.4, -0.2) is 34.9 Å². The Hall–Kier alpha value is -4.37. The zero-order valence-corrected chi connectivity index (χ0v) is 21.5. The fraction of sp³-hybridized carbons (Fsp3) is 0.207. The van der Waals surface area contributed by atoms with Gasteiger partial charge in [0, 0.05) is 36.5 Å². The van der Waals surface area contributed by atoms with E-state index in [0.29, 0.717) is 16.9 Å². The second-order valence-corrected chi connectivity index (χ2v) is 9.56. The summed E-state index contributed by atoms with van der Waals surface area (Å²) >= 11 is 5.67. The first-order valence-corrected chi connectivity index (χ1v) is 12.9. The second-order valence-electron chi connectivity index (χ2n) is 9.19. The lowest BCUT2D eigenvalue weighted by Gasteiger charge is -2.36. The lowest BCUT2D eigenvalue weighted by molar-refractivity contribution is -0.384. The van der Waals surface area contributed by atoms with Crippen molar-refractivity contribution in [3.05, 3.63) is 100 Å². The van der Waals surface area contributed by atoms with Gasteiger partial charge in [-0.2, -0.15) is 0 Å². The largest absolute Gasteiger partial charge is 0.371 e. The Kier molecular flexibility index (Phi) is 7.28. The molecule has 2 fully saturated rings. The summed E-state index contributed by atoms with van der Waals surface area (Å²) < 4.78 is 0. The third kappa shape index (κ3) is 4.92. The Labute approximate surface area is 225 Å². The maximum Gasteiger partial charge on any atom is 0.270 e. The molecule has 0 aromatic heterocycles. The molecule has 192 valence electrons. The van der Waals surface area contributed by atoms with E-state index in [9.17, 15) is 19.7 Å². The van der Waals surface area contributed by atoms with Gasteiger partial charge in [-0.3, -0.25) is 29.5 Å². The summed E-state index contributed by atoms with van der Waals surface area (Å²) in [4.78, 5) is 43.7. The van der Waals surface area contributed by atoms with Crippen LogP contribution >= 0.6 is 12.2 Å². The molecule has 2 aliphatic rings. The van der Waals surface area contributed by atoms with E-state index in [2.05, 4.69) is 4.90 Å². The van der Waals surface area contributed by atoms with Gasteiger partial charge in [0.1, 0.15) is 5.57 Å². The number of non-ortho nitro benzene ring substituents is 1. The molecule has 3 aromatic carbocycles. The van der Waals surface area contributed by atoms with Crippen LogP contribution in [0.1, 0.15) is 31.2 Å². The van der Waals surface area contributed by atoms with Gasteiger partial charge in [0.2, 0.25) is 0 Å². The molecule has 0 aliphatic carbocycles. The Morgan fingerprint density at radius 1 is 0.763 bits per heavy atom. The van der Waals surface area contributed by atoms with E-state index in [4.69, 9.17) is 12.2 Å². The molecule has 2 heterocycles. The number of hydrogen-bond donors (Lipinski definition) is 0. The molecule has 38 heavy (non-hydrogen) atoms. The van der Waals surface area contributed by atoms with Crippen LogP contribution < -0.4 is 14.7 Å². The lowest BCUT2D eigenvalue weighted by atomic mass is 10.0. The van der Waals surface area contributed by atoms with Gasteiger partial charge in [0.15, 0.2) is 5.11 Å². The molecule has 0 atom stereocenters. The number of rotatable bonds is 5. The molecule has 0 N–H and O–H groups in total. The van der Waals surface area contributed by atoms with E-state index >= 15 is 0 Å². The molecule has 0 unspecified atom stereocenters. The van der Waals surface area contributed by atoms with Crippen LogP contribution in [0, 0.1) is 10.1 Å². The van der Waals surface area contributed by atoms with E-state index in [-0.39, 0.29) is 16.4 Å². The van der Waals surface area contributed by atoms with Crippen LogP contribution in [0.25, 0.3) is 6.08 Å². The zero-order chi connectivity index (χ0) is 26.6. The van der Waals surface area contributed by atoms with E-state index in [0.717, 1.165) is 44.5 Å². The normalized spacial score (nSPS) is 16.5. The van der Waals surface area contributed by atoms with Crippen LogP contribution in [0.2, 0.25) is 0 Å². The van der Waals surface area contributed by atoms with Gasteiger partial charge in [-0.15, -0.1) is 0 Å². The third-order valence-corrected chi connectivity index (χ3v) is 7.11. The average molecular weight is 527 g/mol. The first-order chi connectivity index (χ1) is 18.5. The van der Waals surface area contributed by atoms with Crippen LogP contribution in [0.5, 0.6) is 0 Å². The molecule has 9 heteroatoms. The summed E-state index contributed by atoms with van der Waals surface area (Å²) in [5, 5.41) is 11.7. The highest BCUT2D eigenvalue weighted by molar-refractivity contribution is 7.81. The fourth-order valence-corrected chi connectivity index (χ4v) is 5.24. The minimum Gasteiger partial charge on any atom is -0.371 e. The fourth-order valence-electron chi connectivity index (χ4n) is 4.87. The number of benzene rings is 3. The van der Waals surface area contributed by atoms with E-state index in [1.807, 2.05) is 12.1 Å². The van der Waals surface area contributed by atoms with Crippen molar-refractivity contribution in [2.75, 3.05) is 27.8 Å². The quantitative estimate of drug-likeness (QED) is 0.139. The van der Waals surface area contributed by atoms with Crippen LogP contribution in [0.3, 0.4) is 0 Å². The van der Waals surface area contributed by atoms with Crippen molar-refractivity contribution < 1.29 is 14.5 Å². The molecule has 5 rings (SSSR count). The average Bonchev–Trinajstić information content (AvgIpc) is 3.22. The number of nitrogens with zero attached hydrogens (tertiary/aromatic N) is 4. The Bertz CT molecular complexity index is 1350. The van der Waals surface area contributed by atoms with Crippen molar-refractivity contribution in [1.82, 2.24) is 0 Å². The standard InChI is InChI=1S/C29H26N4O4S/c34-27-25(20-21-19-24(33(36)37)15-16-26(21)30-17-9-1-2-10-18-30)28(35)32(23-13-7-4-8-14-23)29(38)31(27)22-11-5-3-6-12-22/h3-8,11-16,19-20H,1-2,9-10,17-18H2. The number of nitro benzene ring substituents is 1. The lowest BCUT2D eigenvalue weighted by Crippen LogP contribution is -2.56. The van der Waals surface area contributed by atoms with Gasteiger partial charge in [-0.1, -0.05) is 49.2 Å². The molecule has 0 bridgehead atoms. The molecule has 0 saturated carbocycles. The molecule has 2 saturated heterocycles. The number of carbonyl (C=O) groups excluding carboxylic acids is 2. The van der Waals surface area contributed by atoms with E-state index in [1.54, 1.807) is 54.6 Å². The van der Waals surface area contributed by atoms with Crippen molar-refractivity contribution >= 4 is 58.0 Å². The minimum absolute atomic E-state index is 0.0429. The number of carbonyl (C=O) groups is 2. The smallest absolute Gasteiger partial charge is 0.270 e. The molecule has 0 radical (unpaired) electrons. The summed E-state index contributed by atoms with van der Waals surface area (Å²) in [6.45, 7) is 1.60. The second kappa shape index (κ2) is 10.9. The molecular weight excluding hydrogens is 500 g/mol. The Morgan fingerprint density at radius 2 is 1.29 bits per heavy atom. The van der Waals surface area contributed by atoms with Crippen molar-refractivity contribution in [1.29, 1.82) is 0 Å². The summed E-state index contributed by atoms with van der Waals surface area (Å²) in [5.74, 6) is -1.15. The first kappa shape index (κ1) is 25.3. The van der Waals surface area contributed by atoms with Crippen LogP contribution in [-0.2, 0) is 9.59 Å². The summed E-state index contributed by atoms with van der Waals surface area (Å²) in [6, 6.07) is 22.4. The van der Waals surface area contributed by atoms with Crippen LogP contribution in [0.15, 0.2) is 84.4 Å². The highest BCUT2D eigenvalue weighted by atomic mass is 32.1. The van der Waals surface area contributed by atoms with Gasteiger partial charge in [-0.25, -0.2) is 0 Å². The molecule has 8 nitrogen and oxygen atoms in total. The van der Waals surface area contributed by atoms with Crippen molar-refractivity contribution in [2.24, 2.45) is 0 Å². The number of para-hydroxylation sites is 2. The number of thiocarbonyl (C=S) groups is 1. The van der Waals surface area contributed by atoms with Gasteiger partial charge in [0.25, 0.3) is 17.5 Å². The molecule has 3 aromatic rings. The molecular formula is C29H26N4O4S. The highest BCUT2D eigenvalue weighted by Gasteiger charge is 2.41. The molecule has 0 spiro atoms. The monoisotopic (exact) mass is 526 g/mol. The number of anilines is 3. The Balaban J connectivity index is 1.67. The van der Waals surface area contributed by atoms with Crippen LogP contribution in [0.4, 0.5) is 22.7 Å². The SMILES string of the molecule is O=C1C(=Cc2cc([N+](=O)[O-])ccc2N2CCCCCC2)C(=O)N(c2ccccc2)C(=S)N1c1ccccc1. The van der Waals surface area contributed by atoms with E-state index in [1.165, 1.54) is 28.0 Å². The van der Waals surface area contributed by atoms with Crippen molar-refractivity contribution in [2.45, 2.75) is 25.7 Å². The summed E-state index contributed by atoms with van der Waals surface area (Å²) in [6.07, 6.45) is 5.72. The first-order valence-electron chi connectivity index (χ1n) is 12.5. The minimum atomic E-state index is -0.577. The maximum atomic E-state index is 13.9.